The maximum absolute atomic E-state index is 12.7. The van der Waals surface area contributed by atoms with Gasteiger partial charge in [0.2, 0.25) is 5.43 Å². The lowest BCUT2D eigenvalue weighted by atomic mass is 10.2. The predicted molar refractivity (Wildman–Crippen MR) is 102 cm³/mol. The zero-order chi connectivity index (χ0) is 19.0. The second-order valence-corrected chi connectivity index (χ2v) is 5.79. The van der Waals surface area contributed by atoms with E-state index in [0.717, 1.165) is 0 Å². The molecule has 4 rings (SSSR count). The second-order valence-electron chi connectivity index (χ2n) is 5.79. The van der Waals surface area contributed by atoms with Gasteiger partial charge in [-0.3, -0.25) is 4.79 Å². The van der Waals surface area contributed by atoms with E-state index in [9.17, 15) is 9.90 Å². The van der Waals surface area contributed by atoms with Crippen LogP contribution in [0.25, 0.3) is 22.1 Å². The van der Waals surface area contributed by atoms with E-state index >= 15 is 0 Å². The first-order valence-electron chi connectivity index (χ1n) is 8.10. The van der Waals surface area contributed by atoms with Crippen LogP contribution >= 0.6 is 0 Å². The maximum Gasteiger partial charge on any atom is 0.217 e. The molecule has 0 spiro atoms. The Kier molecular flexibility index (Phi) is 4.00. The molecule has 2 N–H and O–H groups in total. The van der Waals surface area contributed by atoms with E-state index in [1.807, 2.05) is 0 Å². The van der Waals surface area contributed by atoms with Crippen LogP contribution in [0.15, 0.2) is 52.6 Å². The number of imidazole rings is 1. The molecule has 8 nitrogen and oxygen atoms in total. The zero-order valence-electron chi connectivity index (χ0n) is 14.6. The third-order valence-corrected chi connectivity index (χ3v) is 4.26. The Bertz CT molecular complexity index is 1240. The number of nitrogens with one attached hydrogen (secondary N) is 1. The van der Waals surface area contributed by atoms with Gasteiger partial charge in [0, 0.05) is 5.56 Å². The van der Waals surface area contributed by atoms with Crippen LogP contribution in [0.1, 0.15) is 5.56 Å². The highest BCUT2D eigenvalue weighted by atomic mass is 16.5. The van der Waals surface area contributed by atoms with E-state index < -0.39 is 0 Å². The average molecular weight is 364 g/mol. The Morgan fingerprint density at radius 1 is 1.22 bits per heavy atom. The fraction of sp³-hybridized carbons (Fsp3) is 0.105. The fourth-order valence-corrected chi connectivity index (χ4v) is 2.84. The standard InChI is InChI=1S/C19H16N4O4/c1-26-12-6-7-14-13(8-12)18(25)16-19(22-14)23(10-20-16)21-9-11-4-3-5-15(27-2)17(11)24/h3-10,24H,1-2H3,(H,22,25). The summed E-state index contributed by atoms with van der Waals surface area (Å²) < 4.78 is 11.7. The number of benzene rings is 2. The molecule has 8 heteroatoms. The van der Waals surface area contributed by atoms with Gasteiger partial charge in [0.25, 0.3) is 0 Å². The molecular formula is C19H16N4O4. The minimum Gasteiger partial charge on any atom is -0.504 e. The topological polar surface area (TPSA) is 102 Å². The number of hydrogen-bond donors (Lipinski definition) is 2. The van der Waals surface area contributed by atoms with Crippen molar-refractivity contribution < 1.29 is 14.6 Å². The van der Waals surface area contributed by atoms with Crippen LogP contribution in [0.5, 0.6) is 17.2 Å². The number of nitrogens with zero attached hydrogens (tertiary/aromatic N) is 3. The number of H-pyrrole nitrogens is 1. The number of phenolic OH excluding ortho intramolecular Hbond substituents is 1. The molecule has 2 aromatic carbocycles. The Hall–Kier alpha value is -3.81. The molecule has 0 saturated carbocycles. The number of pyridine rings is 1. The van der Waals surface area contributed by atoms with Crippen molar-refractivity contribution >= 4 is 28.3 Å². The van der Waals surface area contributed by atoms with Crippen LogP contribution < -0.4 is 14.9 Å². The number of aromatic amines is 1. The highest BCUT2D eigenvalue weighted by Gasteiger charge is 2.12. The summed E-state index contributed by atoms with van der Waals surface area (Å²) in [6.45, 7) is 0. The van der Waals surface area contributed by atoms with Gasteiger partial charge in [-0.05, 0) is 30.3 Å². The molecule has 0 fully saturated rings. The van der Waals surface area contributed by atoms with Crippen molar-refractivity contribution in [2.45, 2.75) is 0 Å². The highest BCUT2D eigenvalue weighted by molar-refractivity contribution is 5.90. The van der Waals surface area contributed by atoms with Gasteiger partial charge < -0.3 is 19.6 Å². The number of methoxy groups -OCH3 is 2. The molecule has 0 bridgehead atoms. The molecule has 136 valence electrons. The molecule has 0 atom stereocenters. The first-order chi connectivity index (χ1) is 13.1. The highest BCUT2D eigenvalue weighted by Crippen LogP contribution is 2.28. The van der Waals surface area contributed by atoms with E-state index in [1.54, 1.807) is 43.5 Å². The Labute approximate surface area is 153 Å². The van der Waals surface area contributed by atoms with Crippen LogP contribution in [-0.4, -0.2) is 40.2 Å². The Balaban J connectivity index is 1.83. The zero-order valence-corrected chi connectivity index (χ0v) is 14.6. The summed E-state index contributed by atoms with van der Waals surface area (Å²) >= 11 is 0. The fourth-order valence-electron chi connectivity index (χ4n) is 2.84. The molecule has 0 amide bonds. The lowest BCUT2D eigenvalue weighted by Gasteiger charge is -2.05. The van der Waals surface area contributed by atoms with Crippen molar-refractivity contribution in [2.24, 2.45) is 5.10 Å². The second kappa shape index (κ2) is 6.49. The summed E-state index contributed by atoms with van der Waals surface area (Å²) in [5.74, 6) is 0.931. The number of fused-ring (bicyclic) bond motifs is 2. The first kappa shape index (κ1) is 16.6. The van der Waals surface area contributed by atoms with Crippen LogP contribution in [-0.2, 0) is 0 Å². The van der Waals surface area contributed by atoms with Crippen molar-refractivity contribution in [3.63, 3.8) is 0 Å². The van der Waals surface area contributed by atoms with E-state index in [2.05, 4.69) is 15.1 Å². The van der Waals surface area contributed by atoms with Gasteiger partial charge in [-0.15, -0.1) is 0 Å². The number of phenols is 1. The molecule has 4 aromatic rings. The van der Waals surface area contributed by atoms with Crippen molar-refractivity contribution in [3.05, 3.63) is 58.5 Å². The molecule has 2 aromatic heterocycles. The van der Waals surface area contributed by atoms with Crippen LogP contribution in [0, 0.1) is 0 Å². The number of para-hydroxylation sites is 1. The lowest BCUT2D eigenvalue weighted by molar-refractivity contribution is 0.373. The average Bonchev–Trinajstić information content (AvgIpc) is 3.10. The molecule has 0 unspecified atom stereocenters. The summed E-state index contributed by atoms with van der Waals surface area (Å²) in [7, 11) is 3.02. The van der Waals surface area contributed by atoms with Crippen molar-refractivity contribution in [1.82, 2.24) is 14.6 Å². The van der Waals surface area contributed by atoms with Crippen molar-refractivity contribution in [1.29, 1.82) is 0 Å². The van der Waals surface area contributed by atoms with Gasteiger partial charge in [0.15, 0.2) is 22.7 Å². The van der Waals surface area contributed by atoms with Gasteiger partial charge in [0.05, 0.1) is 31.3 Å². The third-order valence-electron chi connectivity index (χ3n) is 4.26. The Morgan fingerprint density at radius 2 is 2.07 bits per heavy atom. The van der Waals surface area contributed by atoms with Gasteiger partial charge in [-0.25, -0.2) is 9.66 Å². The van der Waals surface area contributed by atoms with E-state index in [0.29, 0.717) is 33.6 Å². The van der Waals surface area contributed by atoms with E-state index in [-0.39, 0.29) is 16.7 Å². The van der Waals surface area contributed by atoms with Gasteiger partial charge >= 0.3 is 0 Å². The quantitative estimate of drug-likeness (QED) is 0.542. The monoisotopic (exact) mass is 364 g/mol. The minimum absolute atomic E-state index is 0.0146. The van der Waals surface area contributed by atoms with E-state index in [1.165, 1.54) is 24.3 Å². The maximum atomic E-state index is 12.7. The van der Waals surface area contributed by atoms with Crippen molar-refractivity contribution in [2.75, 3.05) is 14.2 Å². The lowest BCUT2D eigenvalue weighted by Crippen LogP contribution is -2.05. The van der Waals surface area contributed by atoms with Crippen molar-refractivity contribution in [3.8, 4) is 17.2 Å². The van der Waals surface area contributed by atoms with Gasteiger partial charge in [0.1, 0.15) is 12.1 Å². The number of hydrogen-bond acceptors (Lipinski definition) is 6. The summed E-state index contributed by atoms with van der Waals surface area (Å²) in [4.78, 5) is 20.1. The molecule has 0 aliphatic heterocycles. The number of rotatable bonds is 4. The smallest absolute Gasteiger partial charge is 0.217 e. The van der Waals surface area contributed by atoms with Crippen LogP contribution in [0.3, 0.4) is 0 Å². The number of aromatic hydroxyl groups is 1. The molecule has 27 heavy (non-hydrogen) atoms. The predicted octanol–water partition coefficient (Wildman–Crippen LogP) is 2.48. The SMILES string of the molecule is COc1ccc2[nH]c3c(ncn3N=Cc3cccc(OC)c3O)c(=O)c2c1. The summed E-state index contributed by atoms with van der Waals surface area (Å²) in [6, 6.07) is 10.3. The van der Waals surface area contributed by atoms with Gasteiger partial charge in [-0.2, -0.15) is 5.10 Å². The van der Waals surface area contributed by atoms with Crippen LogP contribution in [0.2, 0.25) is 0 Å². The molecule has 0 saturated heterocycles. The third kappa shape index (κ3) is 2.77. The summed E-state index contributed by atoms with van der Waals surface area (Å²) in [5.41, 5.74) is 1.63. The number of aromatic nitrogens is 3. The molecular weight excluding hydrogens is 348 g/mol. The van der Waals surface area contributed by atoms with E-state index in [4.69, 9.17) is 9.47 Å². The minimum atomic E-state index is -0.212. The van der Waals surface area contributed by atoms with Crippen LogP contribution in [0.4, 0.5) is 0 Å². The molecule has 0 aliphatic carbocycles. The Morgan fingerprint density at radius 3 is 2.85 bits per heavy atom. The largest absolute Gasteiger partial charge is 0.504 e. The normalized spacial score (nSPS) is 11.5. The molecule has 0 radical (unpaired) electrons. The summed E-state index contributed by atoms with van der Waals surface area (Å²) in [6.07, 6.45) is 2.90. The summed E-state index contributed by atoms with van der Waals surface area (Å²) in [5, 5.41) is 14.9. The number of ether oxygens (including phenoxy) is 2. The first-order valence-corrected chi connectivity index (χ1v) is 8.10. The molecule has 0 aliphatic rings. The molecule has 2 heterocycles. The van der Waals surface area contributed by atoms with Gasteiger partial charge in [-0.1, -0.05) is 6.07 Å².